The van der Waals surface area contributed by atoms with Gasteiger partial charge in [0.05, 0.1) is 17.6 Å². The van der Waals surface area contributed by atoms with Crippen LogP contribution >= 0.6 is 11.3 Å². The van der Waals surface area contributed by atoms with Crippen LogP contribution in [0, 0.1) is 17.2 Å². The number of nitriles is 1. The zero-order valence-electron chi connectivity index (χ0n) is 20.9. The first-order chi connectivity index (χ1) is 18.4. The third kappa shape index (κ3) is 4.83. The summed E-state index contributed by atoms with van der Waals surface area (Å²) in [5, 5.41) is 15.1. The molecule has 3 aromatic rings. The Morgan fingerprint density at radius 3 is 2.66 bits per heavy atom. The Bertz CT molecular complexity index is 1470. The number of carbonyl (C=O) groups is 1. The van der Waals surface area contributed by atoms with E-state index in [1.807, 2.05) is 29.6 Å². The molecule has 1 N–H and O–H groups in total. The monoisotopic (exact) mass is 551 g/mol. The maximum absolute atomic E-state index is 13.5. The lowest BCUT2D eigenvalue weighted by atomic mass is 9.76. The molecule has 2 aliphatic carbocycles. The molecule has 1 amide bonds. The van der Waals surface area contributed by atoms with Crippen molar-refractivity contribution in [2.45, 2.75) is 50.0 Å². The van der Waals surface area contributed by atoms with Gasteiger partial charge in [-0.3, -0.25) is 4.79 Å². The Kier molecular flexibility index (Phi) is 6.48. The van der Waals surface area contributed by atoms with Crippen molar-refractivity contribution in [3.05, 3.63) is 41.6 Å². The normalized spacial score (nSPS) is 23.9. The molecule has 1 aliphatic heterocycles. The molecule has 2 saturated carbocycles. The summed E-state index contributed by atoms with van der Waals surface area (Å²) < 4.78 is 30.6. The number of amides is 1. The number of aromatic nitrogens is 2. The van der Waals surface area contributed by atoms with Crippen LogP contribution in [0.4, 0.5) is 5.69 Å². The summed E-state index contributed by atoms with van der Waals surface area (Å²) in [7, 11) is -3.03. The van der Waals surface area contributed by atoms with Gasteiger partial charge in [0.15, 0.2) is 14.8 Å². The molecule has 2 aromatic heterocycles. The minimum atomic E-state index is -3.03. The molecule has 1 aromatic carbocycles. The summed E-state index contributed by atoms with van der Waals surface area (Å²) in [5.41, 5.74) is 1.70. The van der Waals surface area contributed by atoms with Crippen molar-refractivity contribution in [2.24, 2.45) is 5.92 Å². The lowest BCUT2D eigenvalue weighted by Gasteiger charge is -2.32. The number of hydrogen-bond acceptors (Lipinski definition) is 9. The molecular formula is C27H29N5O4S2. The van der Waals surface area contributed by atoms with E-state index in [1.165, 1.54) is 11.3 Å². The highest BCUT2D eigenvalue weighted by atomic mass is 32.2. The number of anilines is 1. The van der Waals surface area contributed by atoms with Crippen molar-refractivity contribution in [1.29, 1.82) is 5.26 Å². The average molecular weight is 552 g/mol. The first-order valence-corrected chi connectivity index (χ1v) is 15.8. The molecule has 0 radical (unpaired) electrons. The predicted molar refractivity (Wildman–Crippen MR) is 144 cm³/mol. The van der Waals surface area contributed by atoms with E-state index in [9.17, 15) is 18.5 Å². The number of hydrogen-bond donors (Lipinski definition) is 1. The van der Waals surface area contributed by atoms with E-state index in [0.29, 0.717) is 48.3 Å². The fourth-order valence-electron chi connectivity index (χ4n) is 5.58. The van der Waals surface area contributed by atoms with E-state index in [0.717, 1.165) is 36.9 Å². The summed E-state index contributed by atoms with van der Waals surface area (Å²) in [6.07, 6.45) is 6.49. The standard InChI is InChI=1S/C27H29N5O4S2/c28-17-27(9-10-27)31-24(33)19-6-2-1-5-18(19)23-22(30-25(36-23)26-29-11-14-37-26)20-7-3-4-8-21(20)32-12-15-38(34,35)16-13-32/h3-4,7-8,11,14,18-19H,1-2,5-6,9-10,12-13,15-16H2,(H,31,33)/t18-,19-/m1/s1. The number of oxazole rings is 1. The number of para-hydroxylation sites is 1. The van der Waals surface area contributed by atoms with Gasteiger partial charge in [-0.15, -0.1) is 11.3 Å². The van der Waals surface area contributed by atoms with Gasteiger partial charge in [-0.05, 0) is 31.7 Å². The lowest BCUT2D eigenvalue weighted by Crippen LogP contribution is -2.42. The van der Waals surface area contributed by atoms with E-state index in [4.69, 9.17) is 9.40 Å². The van der Waals surface area contributed by atoms with Crippen molar-refractivity contribution >= 4 is 32.8 Å². The highest BCUT2D eigenvalue weighted by Gasteiger charge is 2.47. The topological polar surface area (TPSA) is 129 Å². The van der Waals surface area contributed by atoms with Crippen LogP contribution in [0.5, 0.6) is 0 Å². The summed E-state index contributed by atoms with van der Waals surface area (Å²) in [6, 6.07) is 10.1. The predicted octanol–water partition coefficient (Wildman–Crippen LogP) is 4.15. The summed E-state index contributed by atoms with van der Waals surface area (Å²) in [4.78, 5) is 24.9. The number of nitrogens with zero attached hydrogens (tertiary/aromatic N) is 4. The number of carbonyl (C=O) groups excluding carboxylic acids is 1. The fraction of sp³-hybridized carbons (Fsp3) is 0.481. The Labute approximate surface area is 225 Å². The van der Waals surface area contributed by atoms with E-state index < -0.39 is 15.4 Å². The average Bonchev–Trinajstić information content (AvgIpc) is 3.30. The Morgan fingerprint density at radius 2 is 1.95 bits per heavy atom. The van der Waals surface area contributed by atoms with Crippen LogP contribution < -0.4 is 10.2 Å². The van der Waals surface area contributed by atoms with Crippen LogP contribution in [-0.4, -0.2) is 54.4 Å². The van der Waals surface area contributed by atoms with E-state index in [-0.39, 0.29) is 29.2 Å². The Balaban J connectivity index is 1.41. The van der Waals surface area contributed by atoms with Crippen LogP contribution in [0.25, 0.3) is 22.2 Å². The van der Waals surface area contributed by atoms with Crippen LogP contribution in [0.2, 0.25) is 0 Å². The van der Waals surface area contributed by atoms with Crippen LogP contribution in [0.3, 0.4) is 0 Å². The number of thiazole rings is 1. The minimum Gasteiger partial charge on any atom is -0.438 e. The molecule has 3 fully saturated rings. The second-order valence-corrected chi connectivity index (χ2v) is 13.6. The maximum atomic E-state index is 13.5. The van der Waals surface area contributed by atoms with Gasteiger partial charge in [0.25, 0.3) is 5.89 Å². The van der Waals surface area contributed by atoms with Crippen molar-refractivity contribution < 1.29 is 17.6 Å². The zero-order valence-corrected chi connectivity index (χ0v) is 22.6. The fourth-order valence-corrected chi connectivity index (χ4v) is 7.34. The number of sulfone groups is 1. The first-order valence-electron chi connectivity index (χ1n) is 13.1. The molecular weight excluding hydrogens is 522 g/mol. The SMILES string of the molecule is N#CC1(NC(=O)[C@@H]2CCCC[C@H]2c2oc(-c3nccs3)nc2-c2ccccc2N2CCS(=O)(=O)CC2)CC1. The molecule has 2 atom stereocenters. The van der Waals surface area contributed by atoms with Crippen molar-refractivity contribution in [3.8, 4) is 28.2 Å². The molecule has 3 heterocycles. The van der Waals surface area contributed by atoms with Gasteiger partial charge in [-0.2, -0.15) is 5.26 Å². The Morgan fingerprint density at radius 1 is 1.18 bits per heavy atom. The molecule has 0 spiro atoms. The quantitative estimate of drug-likeness (QED) is 0.484. The van der Waals surface area contributed by atoms with Gasteiger partial charge in [0.2, 0.25) is 5.91 Å². The van der Waals surface area contributed by atoms with Gasteiger partial charge in [-0.1, -0.05) is 31.0 Å². The van der Waals surface area contributed by atoms with E-state index in [2.05, 4.69) is 21.3 Å². The molecule has 11 heteroatoms. The van der Waals surface area contributed by atoms with Gasteiger partial charge in [0, 0.05) is 47.8 Å². The molecule has 0 unspecified atom stereocenters. The van der Waals surface area contributed by atoms with E-state index >= 15 is 0 Å². The first kappa shape index (κ1) is 25.1. The highest BCUT2D eigenvalue weighted by molar-refractivity contribution is 7.91. The number of benzene rings is 1. The molecule has 6 rings (SSSR count). The van der Waals surface area contributed by atoms with Crippen molar-refractivity contribution in [3.63, 3.8) is 0 Å². The summed E-state index contributed by atoms with van der Waals surface area (Å²) in [5.74, 6) is 0.699. The summed E-state index contributed by atoms with van der Waals surface area (Å²) >= 11 is 1.44. The molecule has 3 aliphatic rings. The van der Waals surface area contributed by atoms with Gasteiger partial charge >= 0.3 is 0 Å². The third-order valence-corrected chi connectivity index (χ3v) is 10.2. The smallest absolute Gasteiger partial charge is 0.256 e. The van der Waals surface area contributed by atoms with Gasteiger partial charge in [-0.25, -0.2) is 18.4 Å². The Hall–Kier alpha value is -3.23. The molecule has 9 nitrogen and oxygen atoms in total. The largest absolute Gasteiger partial charge is 0.438 e. The second-order valence-electron chi connectivity index (χ2n) is 10.4. The van der Waals surface area contributed by atoms with Crippen molar-refractivity contribution in [1.82, 2.24) is 15.3 Å². The van der Waals surface area contributed by atoms with Gasteiger partial charge in [0.1, 0.15) is 17.0 Å². The number of rotatable bonds is 6. The van der Waals surface area contributed by atoms with Gasteiger partial charge < -0.3 is 14.6 Å². The zero-order chi connectivity index (χ0) is 26.3. The molecule has 38 heavy (non-hydrogen) atoms. The van der Waals surface area contributed by atoms with Crippen molar-refractivity contribution in [2.75, 3.05) is 29.5 Å². The molecule has 198 valence electrons. The maximum Gasteiger partial charge on any atom is 0.256 e. The highest BCUT2D eigenvalue weighted by Crippen LogP contribution is 2.46. The third-order valence-electron chi connectivity index (χ3n) is 7.88. The van der Waals surface area contributed by atoms with Crippen LogP contribution in [0.1, 0.15) is 50.2 Å². The molecule has 1 saturated heterocycles. The molecule has 0 bridgehead atoms. The summed E-state index contributed by atoms with van der Waals surface area (Å²) in [6.45, 7) is 0.827. The van der Waals surface area contributed by atoms with Crippen LogP contribution in [0.15, 0.2) is 40.3 Å². The minimum absolute atomic E-state index is 0.0959. The lowest BCUT2D eigenvalue weighted by molar-refractivity contribution is -0.127. The number of nitrogens with one attached hydrogen (secondary N) is 1. The second kappa shape index (κ2) is 9.82. The van der Waals surface area contributed by atoms with Crippen LogP contribution in [-0.2, 0) is 14.6 Å². The van der Waals surface area contributed by atoms with E-state index in [1.54, 1.807) is 6.20 Å².